The van der Waals surface area contributed by atoms with Crippen LogP contribution in [0.15, 0.2) is 17.7 Å². The van der Waals surface area contributed by atoms with Crippen molar-refractivity contribution in [3.05, 3.63) is 38.9 Å². The third-order valence-corrected chi connectivity index (χ3v) is 4.22. The zero-order valence-electron chi connectivity index (χ0n) is 17.9. The van der Waals surface area contributed by atoms with Crippen LogP contribution in [0, 0.1) is 10.1 Å². The minimum atomic E-state index is -5.13. The van der Waals surface area contributed by atoms with Crippen LogP contribution in [0.25, 0.3) is 6.08 Å². The number of nitrogens with zero attached hydrogens (tertiary/aromatic N) is 1. The molecule has 0 aliphatic carbocycles. The van der Waals surface area contributed by atoms with Gasteiger partial charge in [-0.25, -0.2) is 4.79 Å². The fraction of sp³-hybridized carbons (Fsp3) is 0.474. The van der Waals surface area contributed by atoms with E-state index in [1.165, 1.54) is 6.92 Å². The summed E-state index contributed by atoms with van der Waals surface area (Å²) < 4.78 is 96.8. The van der Waals surface area contributed by atoms with Crippen LogP contribution in [-0.4, -0.2) is 48.6 Å². The van der Waals surface area contributed by atoms with E-state index >= 15 is 0 Å². The molecule has 1 aromatic carbocycles. The number of hydrogen-bond donors (Lipinski definition) is 0. The lowest BCUT2D eigenvalue weighted by atomic mass is 9.97. The molecule has 0 amide bonds. The van der Waals surface area contributed by atoms with Crippen molar-refractivity contribution in [2.75, 3.05) is 6.61 Å². The van der Waals surface area contributed by atoms with E-state index in [0.29, 0.717) is 6.08 Å². The lowest BCUT2D eigenvalue weighted by Gasteiger charge is -2.30. The Labute approximate surface area is 192 Å². The summed E-state index contributed by atoms with van der Waals surface area (Å²) in [7, 11) is 0. The van der Waals surface area contributed by atoms with Crippen LogP contribution in [0.5, 0.6) is 11.5 Å². The van der Waals surface area contributed by atoms with E-state index in [2.05, 4.69) is 19.0 Å². The average Bonchev–Trinajstić information content (AvgIpc) is 2.69. The van der Waals surface area contributed by atoms with Crippen LogP contribution >= 0.6 is 0 Å². The molecule has 10 nitrogen and oxygen atoms in total. The maximum Gasteiger partial charge on any atom is 0.573 e. The molecule has 1 unspecified atom stereocenters. The van der Waals surface area contributed by atoms with Gasteiger partial charge in [-0.3, -0.25) is 4.79 Å². The maximum atomic E-state index is 13.6. The standard InChI is InChI=1S/C19H17F6NO9/c1-3-10-6-12(35-19(23,24)25)7-11-8-13(16(18(20,21)22)34-15(10)11)17(28)33-9(2)32-14(27)4-5-31-26(29)30/h6-9,16H,3-5H2,1-2H3/t9-,16?/m0/s1. The molecule has 1 aliphatic heterocycles. The van der Waals surface area contributed by atoms with E-state index < -0.39 is 72.1 Å². The van der Waals surface area contributed by atoms with E-state index in [4.69, 9.17) is 4.74 Å². The van der Waals surface area contributed by atoms with Gasteiger partial charge in [-0.2, -0.15) is 13.2 Å². The van der Waals surface area contributed by atoms with E-state index in [0.717, 1.165) is 19.1 Å². The number of carbonyl (C=O) groups excluding carboxylic acids is 2. The summed E-state index contributed by atoms with van der Waals surface area (Å²) in [5, 5.41) is 8.87. The maximum absolute atomic E-state index is 13.6. The Hall–Kier alpha value is -3.72. The van der Waals surface area contributed by atoms with Gasteiger partial charge in [0.05, 0.1) is 12.0 Å². The Morgan fingerprint density at radius 1 is 1.17 bits per heavy atom. The number of fused-ring (bicyclic) bond motifs is 1. The lowest BCUT2D eigenvalue weighted by molar-refractivity contribution is -0.757. The number of ether oxygens (including phenoxy) is 4. The first-order valence-corrected chi connectivity index (χ1v) is 9.66. The molecule has 2 rings (SSSR count). The Bertz CT molecular complexity index is 1010. The van der Waals surface area contributed by atoms with Crippen LogP contribution in [0.2, 0.25) is 0 Å². The second-order valence-electron chi connectivity index (χ2n) is 6.81. The number of hydrogen-bond acceptors (Lipinski definition) is 9. The van der Waals surface area contributed by atoms with Crippen LogP contribution in [0.1, 0.15) is 31.4 Å². The van der Waals surface area contributed by atoms with Crippen LogP contribution in [0.3, 0.4) is 0 Å². The first-order valence-electron chi connectivity index (χ1n) is 9.66. The van der Waals surface area contributed by atoms with Gasteiger partial charge in [-0.15, -0.1) is 23.3 Å². The van der Waals surface area contributed by atoms with Gasteiger partial charge in [0, 0.05) is 12.5 Å². The largest absolute Gasteiger partial charge is 0.573 e. The van der Waals surface area contributed by atoms with E-state index in [1.807, 2.05) is 0 Å². The van der Waals surface area contributed by atoms with Crippen molar-refractivity contribution < 1.29 is 64.8 Å². The fourth-order valence-electron chi connectivity index (χ4n) is 2.91. The predicted octanol–water partition coefficient (Wildman–Crippen LogP) is 3.89. The van der Waals surface area contributed by atoms with Gasteiger partial charge < -0.3 is 23.8 Å². The summed E-state index contributed by atoms with van der Waals surface area (Å²) in [4.78, 5) is 37.9. The molecule has 0 N–H and O–H groups in total. The van der Waals surface area contributed by atoms with E-state index in [9.17, 15) is 46.0 Å². The van der Waals surface area contributed by atoms with Gasteiger partial charge in [-0.1, -0.05) is 6.92 Å². The third kappa shape index (κ3) is 7.92. The van der Waals surface area contributed by atoms with Gasteiger partial charge in [0.25, 0.3) is 5.09 Å². The number of aryl methyl sites for hydroxylation is 1. The molecule has 0 fully saturated rings. The number of benzene rings is 1. The Balaban J connectivity index is 2.30. The van der Waals surface area contributed by atoms with Crippen molar-refractivity contribution in [3.63, 3.8) is 0 Å². The molecule has 0 radical (unpaired) electrons. The van der Waals surface area contributed by atoms with Crippen molar-refractivity contribution in [1.82, 2.24) is 0 Å². The van der Waals surface area contributed by atoms with E-state index in [-0.39, 0.29) is 17.5 Å². The SMILES string of the molecule is CCc1cc(OC(F)(F)F)cc2c1OC(C(F)(F)F)C(C(=O)O[C@@H](C)OC(=O)CCO[N+](=O)[O-])=C2. The summed E-state index contributed by atoms with van der Waals surface area (Å²) in [5.41, 5.74) is -1.48. The Morgan fingerprint density at radius 3 is 2.37 bits per heavy atom. The Morgan fingerprint density at radius 2 is 1.83 bits per heavy atom. The highest BCUT2D eigenvalue weighted by molar-refractivity contribution is 5.96. The van der Waals surface area contributed by atoms with Crippen LogP contribution in [-0.2, 0) is 30.3 Å². The second-order valence-corrected chi connectivity index (χ2v) is 6.81. The summed E-state index contributed by atoms with van der Waals surface area (Å²) in [5.74, 6) is -3.91. The number of halogens is 6. The molecule has 0 aromatic heterocycles. The highest BCUT2D eigenvalue weighted by atomic mass is 19.4. The molecule has 0 saturated heterocycles. The first kappa shape index (κ1) is 27.5. The molecule has 1 heterocycles. The summed E-state index contributed by atoms with van der Waals surface area (Å²) in [6.07, 6.45) is -14.8. The third-order valence-electron chi connectivity index (χ3n) is 4.22. The molecule has 194 valence electrons. The predicted molar refractivity (Wildman–Crippen MR) is 100 cm³/mol. The number of alkyl halides is 6. The summed E-state index contributed by atoms with van der Waals surface area (Å²) >= 11 is 0. The molecule has 0 spiro atoms. The van der Waals surface area contributed by atoms with Crippen molar-refractivity contribution >= 4 is 18.0 Å². The van der Waals surface area contributed by atoms with Crippen molar-refractivity contribution in [2.45, 2.75) is 51.6 Å². The second kappa shape index (κ2) is 10.7. The van der Waals surface area contributed by atoms with Crippen molar-refractivity contribution in [1.29, 1.82) is 0 Å². The van der Waals surface area contributed by atoms with Gasteiger partial charge >= 0.3 is 24.5 Å². The highest BCUT2D eigenvalue weighted by Crippen LogP contribution is 2.42. The van der Waals surface area contributed by atoms with Crippen LogP contribution in [0.4, 0.5) is 26.3 Å². The molecular weight excluding hydrogens is 500 g/mol. The molecule has 1 aliphatic rings. The Kier molecular flexibility index (Phi) is 8.41. The van der Waals surface area contributed by atoms with Gasteiger partial charge in [0.1, 0.15) is 18.1 Å². The molecule has 0 saturated carbocycles. The molecule has 2 atom stereocenters. The minimum Gasteiger partial charge on any atom is -0.475 e. The topological polar surface area (TPSA) is 123 Å². The highest BCUT2D eigenvalue weighted by Gasteiger charge is 2.49. The van der Waals surface area contributed by atoms with Gasteiger partial charge in [0.15, 0.2) is 0 Å². The van der Waals surface area contributed by atoms with E-state index in [1.54, 1.807) is 0 Å². The average molecular weight is 517 g/mol. The van der Waals surface area contributed by atoms with Gasteiger partial charge in [-0.05, 0) is 30.2 Å². The monoisotopic (exact) mass is 517 g/mol. The number of esters is 2. The van der Waals surface area contributed by atoms with Gasteiger partial charge in [0.2, 0.25) is 12.4 Å². The number of rotatable bonds is 9. The van der Waals surface area contributed by atoms with Crippen molar-refractivity contribution in [3.8, 4) is 11.5 Å². The summed E-state index contributed by atoms with van der Waals surface area (Å²) in [6.45, 7) is 1.76. The van der Waals surface area contributed by atoms with Crippen LogP contribution < -0.4 is 9.47 Å². The normalized spacial score (nSPS) is 16.2. The minimum absolute atomic E-state index is 0.0251. The quantitative estimate of drug-likeness (QED) is 0.158. The first-order chi connectivity index (χ1) is 16.1. The molecule has 0 bridgehead atoms. The zero-order valence-corrected chi connectivity index (χ0v) is 17.9. The smallest absolute Gasteiger partial charge is 0.475 e. The molecule has 1 aromatic rings. The van der Waals surface area contributed by atoms with Crippen molar-refractivity contribution in [2.24, 2.45) is 0 Å². The zero-order chi connectivity index (χ0) is 26.6. The molecule has 35 heavy (non-hydrogen) atoms. The molecule has 16 heteroatoms. The fourth-order valence-corrected chi connectivity index (χ4v) is 2.91. The number of carbonyl (C=O) groups is 2. The molecular formula is C19H17F6NO9. The lowest BCUT2D eigenvalue weighted by Crippen LogP contribution is -2.41. The summed E-state index contributed by atoms with van der Waals surface area (Å²) in [6, 6.07) is 1.60.